The Morgan fingerprint density at radius 3 is 2.54 bits per heavy atom. The second-order valence-corrected chi connectivity index (χ2v) is 10.9. The molecule has 0 fully saturated rings. The van der Waals surface area contributed by atoms with Gasteiger partial charge in [-0.05, 0) is 41.7 Å². The van der Waals surface area contributed by atoms with Crippen molar-refractivity contribution >= 4 is 23.2 Å². The minimum absolute atomic E-state index is 0.0185. The zero-order chi connectivity index (χ0) is 27.0. The van der Waals surface area contributed by atoms with Gasteiger partial charge in [-0.15, -0.1) is 11.3 Å². The molecule has 0 unspecified atom stereocenters. The fraction of sp³-hybridized carbons (Fsp3) is 0.407. The van der Waals surface area contributed by atoms with Crippen LogP contribution in [0.1, 0.15) is 59.9 Å². The van der Waals surface area contributed by atoms with Crippen LogP contribution in [0.5, 0.6) is 5.75 Å². The normalized spacial score (nSPS) is 19.7. The Labute approximate surface area is 219 Å². The number of carbonyl (C=O) groups is 2. The smallest absolute Gasteiger partial charge is 0.334 e. The first-order chi connectivity index (χ1) is 17.5. The Hall–Kier alpha value is -3.50. The Kier molecular flexibility index (Phi) is 7.25. The molecule has 0 saturated carbocycles. The topological polar surface area (TPSA) is 115 Å². The van der Waals surface area contributed by atoms with Crippen molar-refractivity contribution in [3.63, 3.8) is 0 Å². The average molecular weight is 526 g/mol. The summed E-state index contributed by atoms with van der Waals surface area (Å²) in [6, 6.07) is 6.12. The number of carbonyl (C=O) groups excluding carboxylic acids is 1. The molecule has 10 heteroatoms. The van der Waals surface area contributed by atoms with E-state index in [-0.39, 0.29) is 18.4 Å². The van der Waals surface area contributed by atoms with E-state index in [0.717, 1.165) is 5.56 Å². The van der Waals surface area contributed by atoms with Gasteiger partial charge in [-0.1, -0.05) is 32.0 Å². The molecule has 0 radical (unpaired) electrons. The number of nitrogens with zero attached hydrogens (tertiary/aromatic N) is 3. The molecular weight excluding hydrogens is 494 g/mol. The molecule has 196 valence electrons. The number of amides is 1. The molecule has 1 amide bonds. The number of hydrogen-bond acceptors (Lipinski definition) is 8. The molecule has 0 saturated heterocycles. The molecule has 1 N–H and O–H groups in total. The molecule has 37 heavy (non-hydrogen) atoms. The predicted molar refractivity (Wildman–Crippen MR) is 138 cm³/mol. The molecule has 3 heterocycles. The molecule has 0 bridgehead atoms. The first kappa shape index (κ1) is 26.6. The van der Waals surface area contributed by atoms with E-state index < -0.39 is 23.5 Å². The van der Waals surface area contributed by atoms with Crippen LogP contribution >= 0.6 is 11.3 Å². The zero-order valence-electron chi connectivity index (χ0n) is 21.8. The molecule has 4 rings (SSSR count). The lowest BCUT2D eigenvalue weighted by Gasteiger charge is -2.38. The maximum absolute atomic E-state index is 14.3. The summed E-state index contributed by atoms with van der Waals surface area (Å²) < 4.78 is 16.4. The molecule has 0 aliphatic carbocycles. The fourth-order valence-electron chi connectivity index (χ4n) is 4.83. The first-order valence-electron chi connectivity index (χ1n) is 11.8. The number of aliphatic carboxylic acids is 1. The lowest BCUT2D eigenvalue weighted by atomic mass is 9.85. The average Bonchev–Trinajstić information content (AvgIpc) is 3.58. The highest BCUT2D eigenvalue weighted by Crippen LogP contribution is 2.45. The molecular formula is C27H31N3O6S. The van der Waals surface area contributed by atoms with Crippen LogP contribution in [0.25, 0.3) is 0 Å². The van der Waals surface area contributed by atoms with Crippen molar-refractivity contribution in [3.8, 4) is 5.75 Å². The van der Waals surface area contributed by atoms with Crippen LogP contribution in [-0.4, -0.2) is 58.4 Å². The summed E-state index contributed by atoms with van der Waals surface area (Å²) in [6.45, 7) is 8.02. The van der Waals surface area contributed by atoms with E-state index in [1.807, 2.05) is 6.07 Å². The molecule has 9 nitrogen and oxygen atoms in total. The third kappa shape index (κ3) is 4.91. The minimum atomic E-state index is -1.73. The number of hydrogen-bond donors (Lipinski definition) is 1. The van der Waals surface area contributed by atoms with Gasteiger partial charge >= 0.3 is 5.97 Å². The molecule has 0 spiro atoms. The lowest BCUT2D eigenvalue weighted by molar-refractivity contribution is -0.147. The van der Waals surface area contributed by atoms with Gasteiger partial charge in [0.2, 0.25) is 0 Å². The van der Waals surface area contributed by atoms with E-state index in [2.05, 4.69) is 30.9 Å². The maximum Gasteiger partial charge on any atom is 0.334 e. The standard InChI is InChI=1S/C27H31N3O6S/c1-16-9-21(29-36-16)23-18(13-34-5)11-27(25(32)33,12-19-14-37-15-28-19)30(23)24(31)17-7-8-20(26(2,3)4)22(10-17)35-6/h7-11,14-15,23H,12-13H2,1-6H3,(H,32,33)/t23-,27-/m1/s1. The Bertz CT molecular complexity index is 1320. The van der Waals surface area contributed by atoms with Crippen LogP contribution in [0.3, 0.4) is 0 Å². The number of methoxy groups -OCH3 is 2. The van der Waals surface area contributed by atoms with E-state index in [4.69, 9.17) is 14.0 Å². The van der Waals surface area contributed by atoms with Crippen molar-refractivity contribution in [1.29, 1.82) is 0 Å². The minimum Gasteiger partial charge on any atom is -0.496 e. The summed E-state index contributed by atoms with van der Waals surface area (Å²) in [6.07, 6.45) is 1.58. The number of ether oxygens (including phenoxy) is 2. The van der Waals surface area contributed by atoms with Gasteiger partial charge in [0.1, 0.15) is 23.2 Å². The molecule has 2 aromatic heterocycles. The van der Waals surface area contributed by atoms with Gasteiger partial charge < -0.3 is 24.0 Å². The van der Waals surface area contributed by atoms with Crippen LogP contribution in [0.4, 0.5) is 0 Å². The second-order valence-electron chi connectivity index (χ2n) is 10.1. The maximum atomic E-state index is 14.3. The van der Waals surface area contributed by atoms with E-state index in [9.17, 15) is 14.7 Å². The van der Waals surface area contributed by atoms with Gasteiger partial charge in [0.25, 0.3) is 5.91 Å². The van der Waals surface area contributed by atoms with Gasteiger partial charge in [0.05, 0.1) is 24.9 Å². The molecule has 1 aliphatic heterocycles. The SMILES string of the molecule is COCC1=C[C@@](Cc2cscn2)(C(=O)O)N(C(=O)c2ccc(C(C)(C)C)c(OC)c2)[C@H]1c1cc(C)on1. The predicted octanol–water partition coefficient (Wildman–Crippen LogP) is 4.58. The zero-order valence-corrected chi connectivity index (χ0v) is 22.6. The number of aromatic nitrogens is 2. The molecule has 2 atom stereocenters. The van der Waals surface area contributed by atoms with Gasteiger partial charge in [-0.25, -0.2) is 9.78 Å². The van der Waals surface area contributed by atoms with Gasteiger partial charge in [0, 0.05) is 30.5 Å². The molecule has 3 aromatic rings. The van der Waals surface area contributed by atoms with Crippen molar-refractivity contribution in [1.82, 2.24) is 15.0 Å². The highest BCUT2D eigenvalue weighted by atomic mass is 32.1. The van der Waals surface area contributed by atoms with Crippen molar-refractivity contribution in [3.05, 3.63) is 75.1 Å². The van der Waals surface area contributed by atoms with Gasteiger partial charge in [0.15, 0.2) is 5.54 Å². The fourth-order valence-corrected chi connectivity index (χ4v) is 5.39. The number of benzene rings is 1. The van der Waals surface area contributed by atoms with Gasteiger partial charge in [-0.2, -0.15) is 0 Å². The van der Waals surface area contributed by atoms with Crippen molar-refractivity contribution in [2.75, 3.05) is 20.8 Å². The summed E-state index contributed by atoms with van der Waals surface area (Å²) in [7, 11) is 3.08. The number of rotatable bonds is 8. The third-order valence-corrected chi connectivity index (χ3v) is 7.12. The number of aryl methyl sites for hydroxylation is 1. The summed E-state index contributed by atoms with van der Waals surface area (Å²) in [5, 5.41) is 16.6. The summed E-state index contributed by atoms with van der Waals surface area (Å²) in [5.41, 5.74) is 2.51. The van der Waals surface area contributed by atoms with E-state index in [0.29, 0.717) is 34.0 Å². The Morgan fingerprint density at radius 1 is 1.24 bits per heavy atom. The Balaban J connectivity index is 1.91. The second kappa shape index (κ2) is 10.1. The number of thiazole rings is 1. The summed E-state index contributed by atoms with van der Waals surface area (Å²) in [5.74, 6) is -0.563. The molecule has 1 aromatic carbocycles. The van der Waals surface area contributed by atoms with E-state index >= 15 is 0 Å². The van der Waals surface area contributed by atoms with Crippen LogP contribution in [0, 0.1) is 6.92 Å². The summed E-state index contributed by atoms with van der Waals surface area (Å²) >= 11 is 1.36. The number of carboxylic acid groups (broad SMARTS) is 1. The van der Waals surface area contributed by atoms with Crippen LogP contribution in [0.2, 0.25) is 0 Å². The highest BCUT2D eigenvalue weighted by molar-refractivity contribution is 7.07. The van der Waals surface area contributed by atoms with Crippen LogP contribution < -0.4 is 4.74 Å². The monoisotopic (exact) mass is 525 g/mol. The summed E-state index contributed by atoms with van der Waals surface area (Å²) in [4.78, 5) is 33.1. The van der Waals surface area contributed by atoms with Crippen molar-refractivity contribution in [2.45, 2.75) is 51.1 Å². The van der Waals surface area contributed by atoms with Crippen molar-refractivity contribution in [2.24, 2.45) is 0 Å². The van der Waals surface area contributed by atoms with E-state index in [1.54, 1.807) is 49.2 Å². The van der Waals surface area contributed by atoms with Gasteiger partial charge in [-0.3, -0.25) is 4.79 Å². The molecule has 1 aliphatic rings. The van der Waals surface area contributed by atoms with Crippen LogP contribution in [-0.2, 0) is 21.4 Å². The van der Waals surface area contributed by atoms with Crippen LogP contribution in [0.15, 0.2) is 51.3 Å². The first-order valence-corrected chi connectivity index (χ1v) is 12.7. The largest absolute Gasteiger partial charge is 0.496 e. The third-order valence-electron chi connectivity index (χ3n) is 6.48. The highest BCUT2D eigenvalue weighted by Gasteiger charge is 2.55. The lowest BCUT2D eigenvalue weighted by Crippen LogP contribution is -2.55. The van der Waals surface area contributed by atoms with Crippen molar-refractivity contribution < 1.29 is 28.7 Å². The quantitative estimate of drug-likeness (QED) is 0.425. The Morgan fingerprint density at radius 2 is 2.00 bits per heavy atom. The van der Waals surface area contributed by atoms with E-state index in [1.165, 1.54) is 23.3 Å². The number of carboxylic acids is 1.